The van der Waals surface area contributed by atoms with Crippen molar-refractivity contribution in [2.24, 2.45) is 11.8 Å². The van der Waals surface area contributed by atoms with E-state index in [9.17, 15) is 14.4 Å². The first-order valence-corrected chi connectivity index (χ1v) is 7.92. The molecule has 2 amide bonds. The summed E-state index contributed by atoms with van der Waals surface area (Å²) in [4.78, 5) is 37.6. The number of ketones is 1. The lowest BCUT2D eigenvalue weighted by molar-refractivity contribution is -0.143. The molecule has 0 saturated carbocycles. The number of benzene rings is 1. The van der Waals surface area contributed by atoms with E-state index in [4.69, 9.17) is 0 Å². The summed E-state index contributed by atoms with van der Waals surface area (Å²) < 4.78 is 0. The van der Waals surface area contributed by atoms with Gasteiger partial charge in [-0.2, -0.15) is 0 Å². The second kappa shape index (κ2) is 8.46. The molecule has 0 heterocycles. The van der Waals surface area contributed by atoms with Crippen LogP contribution in [-0.4, -0.2) is 35.6 Å². The van der Waals surface area contributed by atoms with Gasteiger partial charge in [-0.25, -0.2) is 0 Å². The topological polar surface area (TPSA) is 66.5 Å². The average molecular weight is 318 g/mol. The molecule has 0 aliphatic heterocycles. The molecule has 0 spiro atoms. The van der Waals surface area contributed by atoms with E-state index in [2.05, 4.69) is 5.32 Å². The highest BCUT2D eigenvalue weighted by atomic mass is 16.2. The average Bonchev–Trinajstić information content (AvgIpc) is 2.45. The summed E-state index contributed by atoms with van der Waals surface area (Å²) in [6, 6.07) is 6.58. The zero-order valence-corrected chi connectivity index (χ0v) is 14.6. The SMILES string of the molecule is CC(=O)c1cccc(NC(=O)C(=O)N(CC(C)C)CC(C)C)c1. The van der Waals surface area contributed by atoms with E-state index in [1.165, 1.54) is 6.92 Å². The van der Waals surface area contributed by atoms with Crippen LogP contribution in [0.4, 0.5) is 5.69 Å². The molecule has 126 valence electrons. The molecule has 1 aromatic rings. The molecule has 1 rings (SSSR count). The summed E-state index contributed by atoms with van der Waals surface area (Å²) in [5, 5.41) is 2.58. The predicted octanol–water partition coefficient (Wildman–Crippen LogP) is 2.97. The number of nitrogens with zero attached hydrogens (tertiary/aromatic N) is 1. The van der Waals surface area contributed by atoms with Gasteiger partial charge in [-0.1, -0.05) is 39.8 Å². The maximum atomic E-state index is 12.4. The molecule has 0 radical (unpaired) electrons. The first-order valence-electron chi connectivity index (χ1n) is 7.92. The Kier molecular flexibility index (Phi) is 6.94. The molecule has 0 saturated heterocycles. The van der Waals surface area contributed by atoms with Crippen molar-refractivity contribution in [3.05, 3.63) is 29.8 Å². The number of hydrogen-bond donors (Lipinski definition) is 1. The number of nitrogens with one attached hydrogen (secondary N) is 1. The zero-order valence-electron chi connectivity index (χ0n) is 14.6. The second-order valence-corrected chi connectivity index (χ2v) is 6.59. The van der Waals surface area contributed by atoms with Crippen LogP contribution in [0.25, 0.3) is 0 Å². The Morgan fingerprint density at radius 3 is 2.09 bits per heavy atom. The number of carbonyl (C=O) groups excluding carboxylic acids is 3. The van der Waals surface area contributed by atoms with E-state index in [1.54, 1.807) is 29.2 Å². The van der Waals surface area contributed by atoms with E-state index in [0.717, 1.165) is 0 Å². The van der Waals surface area contributed by atoms with Gasteiger partial charge in [0.05, 0.1) is 0 Å². The van der Waals surface area contributed by atoms with Crippen LogP contribution in [0.5, 0.6) is 0 Å². The van der Waals surface area contributed by atoms with Gasteiger partial charge in [-0.3, -0.25) is 14.4 Å². The first-order chi connectivity index (χ1) is 10.7. The standard InChI is InChI=1S/C18H26N2O3/c1-12(2)10-20(11-13(3)4)18(23)17(22)19-16-8-6-7-15(9-16)14(5)21/h6-9,12-13H,10-11H2,1-5H3,(H,19,22). The molecular formula is C18H26N2O3. The van der Waals surface area contributed by atoms with Crippen LogP contribution in [0.2, 0.25) is 0 Å². The third kappa shape index (κ3) is 6.22. The minimum Gasteiger partial charge on any atom is -0.334 e. The summed E-state index contributed by atoms with van der Waals surface area (Å²) in [7, 11) is 0. The van der Waals surface area contributed by atoms with Crippen LogP contribution in [0.15, 0.2) is 24.3 Å². The lowest BCUT2D eigenvalue weighted by Crippen LogP contribution is -2.43. The molecule has 0 fully saturated rings. The highest BCUT2D eigenvalue weighted by Gasteiger charge is 2.23. The quantitative estimate of drug-likeness (QED) is 0.648. The van der Waals surface area contributed by atoms with E-state index >= 15 is 0 Å². The molecule has 1 N–H and O–H groups in total. The Morgan fingerprint density at radius 2 is 1.61 bits per heavy atom. The smallest absolute Gasteiger partial charge is 0.313 e. The van der Waals surface area contributed by atoms with Crippen molar-refractivity contribution in [3.8, 4) is 0 Å². The molecule has 0 aliphatic rings. The third-order valence-electron chi connectivity index (χ3n) is 3.18. The molecule has 23 heavy (non-hydrogen) atoms. The summed E-state index contributed by atoms with van der Waals surface area (Å²) in [6.45, 7) is 10.6. The molecule has 5 heteroatoms. The molecule has 0 aromatic heterocycles. The summed E-state index contributed by atoms with van der Waals surface area (Å²) in [6.07, 6.45) is 0. The van der Waals surface area contributed by atoms with Crippen LogP contribution in [0.1, 0.15) is 45.0 Å². The molecule has 0 atom stereocenters. The molecule has 0 bridgehead atoms. The van der Waals surface area contributed by atoms with Gasteiger partial charge in [0.25, 0.3) is 0 Å². The zero-order chi connectivity index (χ0) is 17.6. The van der Waals surface area contributed by atoms with Crippen molar-refractivity contribution in [1.82, 2.24) is 4.90 Å². The predicted molar refractivity (Wildman–Crippen MR) is 91.3 cm³/mol. The van der Waals surface area contributed by atoms with Crippen molar-refractivity contribution in [2.45, 2.75) is 34.6 Å². The Bertz CT molecular complexity index is 569. The lowest BCUT2D eigenvalue weighted by Gasteiger charge is -2.25. The number of rotatable bonds is 6. The van der Waals surface area contributed by atoms with E-state index in [0.29, 0.717) is 24.3 Å². The molecule has 0 aliphatic carbocycles. The van der Waals surface area contributed by atoms with Gasteiger partial charge in [0.1, 0.15) is 0 Å². The lowest BCUT2D eigenvalue weighted by atomic mass is 10.1. The number of amides is 2. The summed E-state index contributed by atoms with van der Waals surface area (Å²) in [5.41, 5.74) is 0.946. The normalized spacial score (nSPS) is 10.7. The summed E-state index contributed by atoms with van der Waals surface area (Å²) >= 11 is 0. The number of hydrogen-bond acceptors (Lipinski definition) is 3. The van der Waals surface area contributed by atoms with Crippen LogP contribution >= 0.6 is 0 Å². The largest absolute Gasteiger partial charge is 0.334 e. The Labute approximate surface area is 138 Å². The van der Waals surface area contributed by atoms with E-state index in [-0.39, 0.29) is 17.6 Å². The Morgan fingerprint density at radius 1 is 1.04 bits per heavy atom. The number of Topliss-reactive ketones (excluding diaryl/α,β-unsaturated/α-hetero) is 1. The van der Waals surface area contributed by atoms with Crippen LogP contribution in [0.3, 0.4) is 0 Å². The Hall–Kier alpha value is -2.17. The highest BCUT2D eigenvalue weighted by molar-refractivity contribution is 6.39. The third-order valence-corrected chi connectivity index (χ3v) is 3.18. The van der Waals surface area contributed by atoms with Gasteiger partial charge >= 0.3 is 11.8 Å². The summed E-state index contributed by atoms with van der Waals surface area (Å²) in [5.74, 6) is -0.737. The fourth-order valence-corrected chi connectivity index (χ4v) is 2.27. The van der Waals surface area contributed by atoms with Gasteiger partial charge in [-0.05, 0) is 30.9 Å². The minimum absolute atomic E-state index is 0.0892. The molecule has 5 nitrogen and oxygen atoms in total. The molecule has 1 aromatic carbocycles. The Balaban J connectivity index is 2.83. The number of carbonyl (C=O) groups is 3. The fraction of sp³-hybridized carbons (Fsp3) is 0.500. The van der Waals surface area contributed by atoms with Gasteiger partial charge in [0.15, 0.2) is 5.78 Å². The monoisotopic (exact) mass is 318 g/mol. The molecular weight excluding hydrogens is 292 g/mol. The maximum absolute atomic E-state index is 12.4. The van der Waals surface area contributed by atoms with E-state index in [1.807, 2.05) is 27.7 Å². The first kappa shape index (κ1) is 18.9. The van der Waals surface area contributed by atoms with Crippen molar-refractivity contribution < 1.29 is 14.4 Å². The van der Waals surface area contributed by atoms with Crippen molar-refractivity contribution >= 4 is 23.3 Å². The van der Waals surface area contributed by atoms with Gasteiger partial charge in [0, 0.05) is 24.3 Å². The van der Waals surface area contributed by atoms with Crippen LogP contribution in [0, 0.1) is 11.8 Å². The van der Waals surface area contributed by atoms with E-state index < -0.39 is 11.8 Å². The van der Waals surface area contributed by atoms with Crippen LogP contribution < -0.4 is 5.32 Å². The minimum atomic E-state index is -0.674. The fourth-order valence-electron chi connectivity index (χ4n) is 2.27. The van der Waals surface area contributed by atoms with Crippen molar-refractivity contribution in [3.63, 3.8) is 0 Å². The second-order valence-electron chi connectivity index (χ2n) is 6.59. The van der Waals surface area contributed by atoms with Gasteiger partial charge in [-0.15, -0.1) is 0 Å². The van der Waals surface area contributed by atoms with Crippen LogP contribution in [-0.2, 0) is 9.59 Å². The number of anilines is 1. The highest BCUT2D eigenvalue weighted by Crippen LogP contribution is 2.12. The maximum Gasteiger partial charge on any atom is 0.313 e. The van der Waals surface area contributed by atoms with Crippen molar-refractivity contribution in [1.29, 1.82) is 0 Å². The molecule has 0 unspecified atom stereocenters. The van der Waals surface area contributed by atoms with Gasteiger partial charge < -0.3 is 10.2 Å². The van der Waals surface area contributed by atoms with Crippen molar-refractivity contribution in [2.75, 3.05) is 18.4 Å². The van der Waals surface area contributed by atoms with Gasteiger partial charge in [0.2, 0.25) is 0 Å².